The Labute approximate surface area is 102 Å². The molecule has 0 aromatic carbocycles. The molecule has 0 saturated heterocycles. The Balaban J connectivity index is 2.72. The first kappa shape index (κ1) is 13.9. The van der Waals surface area contributed by atoms with Crippen molar-refractivity contribution in [3.05, 3.63) is 23.9 Å². The van der Waals surface area contributed by atoms with Gasteiger partial charge in [0, 0.05) is 26.4 Å². The van der Waals surface area contributed by atoms with Gasteiger partial charge in [-0.25, -0.2) is 4.98 Å². The number of anilines is 1. The summed E-state index contributed by atoms with van der Waals surface area (Å²) in [6.07, 6.45) is 1.14. The van der Waals surface area contributed by atoms with Crippen molar-refractivity contribution in [3.8, 4) is 0 Å². The van der Waals surface area contributed by atoms with Crippen LogP contribution in [-0.2, 0) is 4.74 Å². The van der Waals surface area contributed by atoms with E-state index in [1.165, 1.54) is 0 Å². The molecule has 0 unspecified atom stereocenters. The highest BCUT2D eigenvalue weighted by atomic mass is 16.5. The molecule has 17 heavy (non-hydrogen) atoms. The Hall–Kier alpha value is -1.17. The number of pyridine rings is 1. The van der Waals surface area contributed by atoms with E-state index in [9.17, 15) is 5.11 Å². The zero-order chi connectivity index (χ0) is 12.7. The molecule has 0 saturated carbocycles. The Morgan fingerprint density at radius 1 is 1.41 bits per heavy atom. The van der Waals surface area contributed by atoms with Crippen molar-refractivity contribution in [2.75, 3.05) is 38.3 Å². The van der Waals surface area contributed by atoms with Crippen LogP contribution in [0.4, 0.5) is 5.82 Å². The number of aliphatic hydroxyl groups excluding tert-OH is 2. The summed E-state index contributed by atoms with van der Waals surface area (Å²) < 4.78 is 5.01. The number of nitrogens with zero attached hydrogens (tertiary/aromatic N) is 2. The first-order valence-corrected chi connectivity index (χ1v) is 5.67. The molecule has 0 aliphatic rings. The summed E-state index contributed by atoms with van der Waals surface area (Å²) in [7, 11) is 1.64. The van der Waals surface area contributed by atoms with Gasteiger partial charge in [0.15, 0.2) is 0 Å². The lowest BCUT2D eigenvalue weighted by atomic mass is 10.2. The zero-order valence-corrected chi connectivity index (χ0v) is 10.3. The zero-order valence-electron chi connectivity index (χ0n) is 10.3. The minimum absolute atomic E-state index is 0.0730. The first-order chi connectivity index (χ1) is 8.19. The summed E-state index contributed by atoms with van der Waals surface area (Å²) in [5.74, 6) is 0.778. The summed E-state index contributed by atoms with van der Waals surface area (Å²) in [6, 6.07) is 3.68. The molecule has 1 aromatic heterocycles. The number of hydrogen-bond acceptors (Lipinski definition) is 5. The molecule has 0 amide bonds. The van der Waals surface area contributed by atoms with E-state index in [0.29, 0.717) is 19.7 Å². The molecule has 2 N–H and O–H groups in total. The van der Waals surface area contributed by atoms with Crippen LogP contribution in [0.2, 0.25) is 0 Å². The van der Waals surface area contributed by atoms with E-state index in [1.54, 1.807) is 20.2 Å². The van der Waals surface area contributed by atoms with Crippen LogP contribution in [0.15, 0.2) is 18.3 Å². The van der Waals surface area contributed by atoms with E-state index < -0.39 is 6.10 Å². The van der Waals surface area contributed by atoms with E-state index in [2.05, 4.69) is 4.98 Å². The van der Waals surface area contributed by atoms with E-state index in [1.807, 2.05) is 17.0 Å². The maximum absolute atomic E-state index is 9.38. The van der Waals surface area contributed by atoms with Gasteiger partial charge >= 0.3 is 0 Å². The highest BCUT2D eigenvalue weighted by Gasteiger charge is 2.08. The molecule has 0 spiro atoms. The van der Waals surface area contributed by atoms with Crippen molar-refractivity contribution < 1.29 is 14.9 Å². The van der Waals surface area contributed by atoms with Crippen molar-refractivity contribution in [1.82, 2.24) is 4.98 Å². The van der Waals surface area contributed by atoms with Gasteiger partial charge in [-0.1, -0.05) is 6.07 Å². The van der Waals surface area contributed by atoms with Gasteiger partial charge in [-0.15, -0.1) is 0 Å². The molecule has 1 atom stereocenters. The largest absolute Gasteiger partial charge is 0.395 e. The lowest BCUT2D eigenvalue weighted by Crippen LogP contribution is -2.30. The molecule has 1 heterocycles. The van der Waals surface area contributed by atoms with Gasteiger partial charge in [0.05, 0.1) is 19.3 Å². The van der Waals surface area contributed by atoms with Gasteiger partial charge in [-0.05, 0) is 18.6 Å². The average Bonchev–Trinajstić information content (AvgIpc) is 2.34. The fourth-order valence-electron chi connectivity index (χ4n) is 1.49. The second-order valence-electron chi connectivity index (χ2n) is 3.83. The fourth-order valence-corrected chi connectivity index (χ4v) is 1.49. The molecule has 0 radical (unpaired) electrons. The van der Waals surface area contributed by atoms with Crippen LogP contribution in [0, 0.1) is 0 Å². The quantitative estimate of drug-likeness (QED) is 0.730. The van der Waals surface area contributed by atoms with Gasteiger partial charge < -0.3 is 19.8 Å². The molecule has 1 rings (SSSR count). The number of methoxy groups -OCH3 is 1. The van der Waals surface area contributed by atoms with Crippen molar-refractivity contribution in [1.29, 1.82) is 0 Å². The van der Waals surface area contributed by atoms with E-state index in [-0.39, 0.29) is 6.61 Å². The SMILES string of the molecule is COCCN(CCO)c1ccc([C@@H](C)O)cn1. The first-order valence-electron chi connectivity index (χ1n) is 5.67. The molecule has 0 aliphatic heterocycles. The van der Waals surface area contributed by atoms with Crippen LogP contribution in [0.5, 0.6) is 0 Å². The van der Waals surface area contributed by atoms with Crippen LogP contribution < -0.4 is 4.90 Å². The number of aromatic nitrogens is 1. The van der Waals surface area contributed by atoms with Crippen LogP contribution in [0.25, 0.3) is 0 Å². The number of rotatable bonds is 7. The highest BCUT2D eigenvalue weighted by Crippen LogP contribution is 2.15. The van der Waals surface area contributed by atoms with Crippen molar-refractivity contribution in [2.24, 2.45) is 0 Å². The van der Waals surface area contributed by atoms with Crippen LogP contribution in [0.1, 0.15) is 18.6 Å². The summed E-state index contributed by atoms with van der Waals surface area (Å²) in [5, 5.41) is 18.4. The Kier molecular flexibility index (Phi) is 5.90. The predicted octanol–water partition coefficient (Wildman–Crippen LogP) is 0.580. The van der Waals surface area contributed by atoms with E-state index >= 15 is 0 Å². The maximum atomic E-state index is 9.38. The standard InChI is InChI=1S/C12H20N2O3/c1-10(16)11-3-4-12(13-9-11)14(5-7-15)6-8-17-2/h3-4,9-10,15-16H,5-8H2,1-2H3/t10-/m1/s1. The Bertz CT molecular complexity index is 314. The lowest BCUT2D eigenvalue weighted by Gasteiger charge is -2.22. The molecule has 0 fully saturated rings. The highest BCUT2D eigenvalue weighted by molar-refractivity contribution is 5.39. The lowest BCUT2D eigenvalue weighted by molar-refractivity contribution is 0.198. The molecule has 5 nitrogen and oxygen atoms in total. The molecule has 5 heteroatoms. The van der Waals surface area contributed by atoms with Crippen LogP contribution in [-0.4, -0.2) is 48.6 Å². The number of aliphatic hydroxyl groups is 2. The fraction of sp³-hybridized carbons (Fsp3) is 0.583. The Morgan fingerprint density at radius 2 is 2.18 bits per heavy atom. The smallest absolute Gasteiger partial charge is 0.128 e. The Morgan fingerprint density at radius 3 is 2.65 bits per heavy atom. The second-order valence-corrected chi connectivity index (χ2v) is 3.83. The summed E-state index contributed by atoms with van der Waals surface area (Å²) in [6.45, 7) is 3.55. The number of hydrogen-bond donors (Lipinski definition) is 2. The van der Waals surface area contributed by atoms with Gasteiger partial charge in [-0.3, -0.25) is 0 Å². The third-order valence-electron chi connectivity index (χ3n) is 2.51. The molecule has 0 bridgehead atoms. The van der Waals surface area contributed by atoms with Crippen LogP contribution in [0.3, 0.4) is 0 Å². The molecular formula is C12H20N2O3. The maximum Gasteiger partial charge on any atom is 0.128 e. The second kappa shape index (κ2) is 7.21. The monoisotopic (exact) mass is 240 g/mol. The molecule has 0 aliphatic carbocycles. The minimum Gasteiger partial charge on any atom is -0.395 e. The summed E-state index contributed by atoms with van der Waals surface area (Å²) >= 11 is 0. The van der Waals surface area contributed by atoms with Gasteiger partial charge in [-0.2, -0.15) is 0 Å². The van der Waals surface area contributed by atoms with Crippen molar-refractivity contribution >= 4 is 5.82 Å². The molecular weight excluding hydrogens is 220 g/mol. The third kappa shape index (κ3) is 4.30. The molecule has 96 valence electrons. The predicted molar refractivity (Wildman–Crippen MR) is 66.0 cm³/mol. The van der Waals surface area contributed by atoms with Gasteiger partial charge in [0.1, 0.15) is 5.82 Å². The van der Waals surface area contributed by atoms with Crippen molar-refractivity contribution in [3.63, 3.8) is 0 Å². The van der Waals surface area contributed by atoms with E-state index in [0.717, 1.165) is 11.4 Å². The van der Waals surface area contributed by atoms with Crippen LogP contribution >= 0.6 is 0 Å². The third-order valence-corrected chi connectivity index (χ3v) is 2.51. The average molecular weight is 240 g/mol. The topological polar surface area (TPSA) is 65.8 Å². The van der Waals surface area contributed by atoms with Gasteiger partial charge in [0.2, 0.25) is 0 Å². The van der Waals surface area contributed by atoms with Gasteiger partial charge in [0.25, 0.3) is 0 Å². The summed E-state index contributed by atoms with van der Waals surface area (Å²) in [4.78, 5) is 6.21. The normalized spacial score (nSPS) is 12.5. The summed E-state index contributed by atoms with van der Waals surface area (Å²) in [5.41, 5.74) is 0.782. The van der Waals surface area contributed by atoms with E-state index in [4.69, 9.17) is 9.84 Å². The molecule has 1 aromatic rings. The number of ether oxygens (including phenoxy) is 1. The van der Waals surface area contributed by atoms with Crippen molar-refractivity contribution in [2.45, 2.75) is 13.0 Å². The minimum atomic E-state index is -0.512.